The van der Waals surface area contributed by atoms with Crippen molar-refractivity contribution in [3.05, 3.63) is 33.6 Å². The molecule has 0 aliphatic carbocycles. The first kappa shape index (κ1) is 9.44. The molecule has 1 aromatic rings. The first-order chi connectivity index (χ1) is 6.02. The fourth-order valence-corrected chi connectivity index (χ4v) is 1.05. The van der Waals surface area contributed by atoms with E-state index < -0.39 is 5.03 Å². The maximum Gasteiger partial charge on any atom is 0.164 e. The normalized spacial score (nSPS) is 9.77. The maximum absolute atomic E-state index is 10.5. The fraction of sp³-hybridized carbons (Fsp3) is 0.375. The molecule has 1 heterocycles. The molecule has 0 unspecified atom stereocenters. The van der Waals surface area contributed by atoms with E-state index >= 15 is 0 Å². The number of nitrogens with zero attached hydrogens (tertiary/aromatic N) is 3. The van der Waals surface area contributed by atoms with Crippen molar-refractivity contribution in [2.75, 3.05) is 12.1 Å². The van der Waals surface area contributed by atoms with Gasteiger partial charge in [0.15, 0.2) is 5.03 Å². The van der Waals surface area contributed by atoms with E-state index in [-0.39, 0.29) is 0 Å². The summed E-state index contributed by atoms with van der Waals surface area (Å²) in [4.78, 5) is 14.5. The van der Waals surface area contributed by atoms with Crippen molar-refractivity contribution in [1.82, 2.24) is 4.98 Å². The van der Waals surface area contributed by atoms with E-state index in [1.54, 1.807) is 26.1 Å². The summed E-state index contributed by atoms with van der Waals surface area (Å²) < 4.78 is 0. The lowest BCUT2D eigenvalue weighted by Gasteiger charge is -2.10. The van der Waals surface area contributed by atoms with E-state index in [0.29, 0.717) is 5.69 Å². The highest BCUT2D eigenvalue weighted by Crippen LogP contribution is 2.18. The minimum Gasteiger partial charge on any atom is -0.261 e. The second-order valence-electron chi connectivity index (χ2n) is 2.87. The van der Waals surface area contributed by atoms with Crippen LogP contribution in [0.15, 0.2) is 12.3 Å². The highest BCUT2D eigenvalue weighted by atomic mass is 16.7. The number of aryl methyl sites for hydroxylation is 2. The largest absolute Gasteiger partial charge is 0.261 e. The van der Waals surface area contributed by atoms with Crippen molar-refractivity contribution in [3.63, 3.8) is 0 Å². The van der Waals surface area contributed by atoms with Crippen molar-refractivity contribution in [2.45, 2.75) is 13.8 Å². The summed E-state index contributed by atoms with van der Waals surface area (Å²) in [6.07, 6.45) is 1.63. The molecule has 0 amide bonds. The molecule has 70 valence electrons. The molecule has 13 heavy (non-hydrogen) atoms. The third kappa shape index (κ3) is 1.93. The van der Waals surface area contributed by atoms with E-state index in [4.69, 9.17) is 0 Å². The lowest BCUT2D eigenvalue weighted by Crippen LogP contribution is -2.25. The van der Waals surface area contributed by atoms with E-state index in [9.17, 15) is 10.1 Å². The molecule has 0 spiro atoms. The van der Waals surface area contributed by atoms with Gasteiger partial charge < -0.3 is 0 Å². The van der Waals surface area contributed by atoms with E-state index in [0.717, 1.165) is 16.3 Å². The quantitative estimate of drug-likeness (QED) is 0.510. The number of hydrogen-bond donors (Lipinski definition) is 0. The zero-order valence-corrected chi connectivity index (χ0v) is 7.81. The lowest BCUT2D eigenvalue weighted by molar-refractivity contribution is -0.490. The number of aromatic nitrogens is 1. The van der Waals surface area contributed by atoms with Crippen LogP contribution in [0.4, 0.5) is 5.69 Å². The van der Waals surface area contributed by atoms with Gasteiger partial charge in [0.2, 0.25) is 0 Å². The molecule has 0 fully saturated rings. The molecular weight excluding hydrogens is 170 g/mol. The highest BCUT2D eigenvalue weighted by molar-refractivity contribution is 5.49. The monoisotopic (exact) mass is 181 g/mol. The number of nitro groups is 1. The number of rotatable bonds is 2. The van der Waals surface area contributed by atoms with Crippen molar-refractivity contribution >= 4 is 5.69 Å². The molecule has 5 heteroatoms. The Morgan fingerprint density at radius 1 is 1.54 bits per heavy atom. The topological polar surface area (TPSA) is 59.3 Å². The molecule has 0 atom stereocenters. The van der Waals surface area contributed by atoms with Crippen molar-refractivity contribution in [1.29, 1.82) is 0 Å². The molecule has 0 aromatic carbocycles. The minimum absolute atomic E-state index is 0.457. The summed E-state index contributed by atoms with van der Waals surface area (Å²) in [5.74, 6) is 0. The third-order valence-electron chi connectivity index (χ3n) is 1.81. The Morgan fingerprint density at radius 2 is 2.15 bits per heavy atom. The Balaban J connectivity index is 3.12. The standard InChI is InChI=1S/C8H11N3O2/c1-6-5-9-7(2)4-8(6)10(3)11(12)13/h4-5H,1-3H3. The van der Waals surface area contributed by atoms with Crippen LogP contribution in [0.5, 0.6) is 0 Å². The van der Waals surface area contributed by atoms with Gasteiger partial charge in [-0.15, -0.1) is 0 Å². The average molecular weight is 181 g/mol. The van der Waals surface area contributed by atoms with Crippen LogP contribution in [0.25, 0.3) is 0 Å². The van der Waals surface area contributed by atoms with Gasteiger partial charge in [-0.1, -0.05) is 5.01 Å². The predicted molar refractivity (Wildman–Crippen MR) is 49.1 cm³/mol. The summed E-state index contributed by atoms with van der Waals surface area (Å²) in [7, 11) is 1.42. The second kappa shape index (κ2) is 3.38. The predicted octanol–water partition coefficient (Wildman–Crippen LogP) is 1.33. The van der Waals surface area contributed by atoms with Crippen molar-refractivity contribution < 1.29 is 5.03 Å². The van der Waals surface area contributed by atoms with Crippen LogP contribution in [0.1, 0.15) is 11.3 Å². The molecule has 1 rings (SSSR count). The molecule has 0 radical (unpaired) electrons. The van der Waals surface area contributed by atoms with Crippen LogP contribution in [0.2, 0.25) is 0 Å². The number of anilines is 1. The smallest absolute Gasteiger partial charge is 0.164 e. The van der Waals surface area contributed by atoms with Gasteiger partial charge in [0.25, 0.3) is 0 Å². The van der Waals surface area contributed by atoms with Crippen LogP contribution in [0, 0.1) is 24.0 Å². The molecule has 0 saturated heterocycles. The molecule has 0 N–H and O–H groups in total. The first-order valence-corrected chi connectivity index (χ1v) is 3.83. The van der Waals surface area contributed by atoms with Crippen LogP contribution < -0.4 is 5.01 Å². The molecular formula is C8H11N3O2. The summed E-state index contributed by atoms with van der Waals surface area (Å²) in [6.45, 7) is 3.60. The fourth-order valence-electron chi connectivity index (χ4n) is 1.05. The van der Waals surface area contributed by atoms with Gasteiger partial charge in [0.05, 0.1) is 7.05 Å². The number of hydrazine groups is 1. The van der Waals surface area contributed by atoms with E-state index in [1.807, 2.05) is 0 Å². The third-order valence-corrected chi connectivity index (χ3v) is 1.81. The molecule has 1 aromatic heterocycles. The Labute approximate surface area is 76.1 Å². The lowest BCUT2D eigenvalue weighted by atomic mass is 10.2. The van der Waals surface area contributed by atoms with Gasteiger partial charge in [-0.3, -0.25) is 4.98 Å². The number of hydrogen-bond acceptors (Lipinski definition) is 3. The molecule has 0 bridgehead atoms. The Hall–Kier alpha value is -1.65. The van der Waals surface area contributed by atoms with E-state index in [2.05, 4.69) is 4.98 Å². The Morgan fingerprint density at radius 3 is 2.69 bits per heavy atom. The van der Waals surface area contributed by atoms with Crippen molar-refractivity contribution in [2.24, 2.45) is 0 Å². The average Bonchev–Trinajstić information content (AvgIpc) is 2.08. The van der Waals surface area contributed by atoms with Gasteiger partial charge in [0, 0.05) is 11.9 Å². The zero-order valence-electron chi connectivity index (χ0n) is 7.81. The molecule has 5 nitrogen and oxygen atoms in total. The summed E-state index contributed by atoms with van der Waals surface area (Å²) in [5.41, 5.74) is 2.15. The van der Waals surface area contributed by atoms with E-state index in [1.165, 1.54) is 7.05 Å². The van der Waals surface area contributed by atoms with Crippen LogP contribution in [-0.4, -0.2) is 17.1 Å². The zero-order chi connectivity index (χ0) is 10.0. The second-order valence-corrected chi connectivity index (χ2v) is 2.87. The Kier molecular flexibility index (Phi) is 2.46. The summed E-state index contributed by atoms with van der Waals surface area (Å²) in [6, 6.07) is 1.69. The highest BCUT2D eigenvalue weighted by Gasteiger charge is 2.13. The van der Waals surface area contributed by atoms with Gasteiger partial charge in [-0.05, 0) is 25.5 Å². The van der Waals surface area contributed by atoms with Crippen LogP contribution >= 0.6 is 0 Å². The molecule has 0 aliphatic rings. The maximum atomic E-state index is 10.5. The Bertz CT molecular complexity index is 338. The van der Waals surface area contributed by atoms with Gasteiger partial charge in [-0.2, -0.15) is 0 Å². The first-order valence-electron chi connectivity index (χ1n) is 3.83. The van der Waals surface area contributed by atoms with Crippen LogP contribution in [0.3, 0.4) is 0 Å². The van der Waals surface area contributed by atoms with Gasteiger partial charge >= 0.3 is 0 Å². The van der Waals surface area contributed by atoms with Crippen molar-refractivity contribution in [3.8, 4) is 0 Å². The molecule has 0 aliphatic heterocycles. The van der Waals surface area contributed by atoms with Crippen LogP contribution in [-0.2, 0) is 0 Å². The SMILES string of the molecule is Cc1cc(N(C)[N+](=O)[O-])c(C)cn1. The summed E-state index contributed by atoms with van der Waals surface area (Å²) >= 11 is 0. The summed E-state index contributed by atoms with van der Waals surface area (Å²) in [5, 5.41) is 11.0. The minimum atomic E-state index is -0.457. The van der Waals surface area contributed by atoms with Gasteiger partial charge in [-0.25, -0.2) is 10.1 Å². The number of pyridine rings is 1. The molecule has 0 saturated carbocycles. The van der Waals surface area contributed by atoms with Gasteiger partial charge in [0.1, 0.15) is 5.69 Å².